The summed E-state index contributed by atoms with van der Waals surface area (Å²) in [4.78, 5) is 16.7. The van der Waals surface area contributed by atoms with Crippen molar-refractivity contribution in [1.82, 2.24) is 14.6 Å². The fourth-order valence-electron chi connectivity index (χ4n) is 3.45. The average Bonchev–Trinajstić information content (AvgIpc) is 3.06. The Morgan fingerprint density at radius 2 is 2.15 bits per heavy atom. The molecule has 8 nitrogen and oxygen atoms in total. The average molecular weight is 389 g/mol. The van der Waals surface area contributed by atoms with Gasteiger partial charge in [0.2, 0.25) is 10.0 Å². The number of hydrogen-bond donors (Lipinski definition) is 1. The second-order valence-corrected chi connectivity index (χ2v) is 8.33. The van der Waals surface area contributed by atoms with Gasteiger partial charge in [0.05, 0.1) is 13.2 Å². The Bertz CT molecular complexity index is 978. The molecule has 27 heavy (non-hydrogen) atoms. The van der Waals surface area contributed by atoms with Crippen molar-refractivity contribution in [3.05, 3.63) is 48.3 Å². The molecule has 1 fully saturated rings. The molecule has 0 bridgehead atoms. The van der Waals surface area contributed by atoms with Crippen LogP contribution in [0.1, 0.15) is 16.9 Å². The molecule has 1 aromatic carbocycles. The smallest absolute Gasteiger partial charge is 0.270 e. The SMILES string of the molecule is COc1ccnc(C(=O)N[C@H]2C[C@H]3COc4ccccc4S(=O)(=O)N3C2)c1. The molecule has 0 aliphatic carbocycles. The van der Waals surface area contributed by atoms with Crippen LogP contribution < -0.4 is 14.8 Å². The highest BCUT2D eigenvalue weighted by molar-refractivity contribution is 7.89. The predicted molar refractivity (Wildman–Crippen MR) is 96.3 cm³/mol. The number of benzene rings is 1. The minimum absolute atomic E-state index is 0.161. The van der Waals surface area contributed by atoms with Crippen molar-refractivity contribution in [2.45, 2.75) is 23.4 Å². The maximum absolute atomic E-state index is 13.0. The highest BCUT2D eigenvalue weighted by Gasteiger charge is 2.44. The number of aromatic nitrogens is 1. The molecule has 1 aromatic heterocycles. The Balaban J connectivity index is 1.52. The van der Waals surface area contributed by atoms with Crippen molar-refractivity contribution >= 4 is 15.9 Å². The highest BCUT2D eigenvalue weighted by atomic mass is 32.2. The fourth-order valence-corrected chi connectivity index (χ4v) is 5.25. The summed E-state index contributed by atoms with van der Waals surface area (Å²) < 4.78 is 38.2. The lowest BCUT2D eigenvalue weighted by atomic mass is 10.1. The van der Waals surface area contributed by atoms with Gasteiger partial charge in [0.25, 0.3) is 5.91 Å². The molecule has 2 atom stereocenters. The molecule has 1 amide bonds. The monoisotopic (exact) mass is 389 g/mol. The number of amides is 1. The molecule has 4 rings (SSSR count). The Labute approximate surface area is 157 Å². The number of carbonyl (C=O) groups excluding carboxylic acids is 1. The number of rotatable bonds is 3. The lowest BCUT2D eigenvalue weighted by Gasteiger charge is -2.19. The van der Waals surface area contributed by atoms with Gasteiger partial charge in [0.1, 0.15) is 28.7 Å². The van der Waals surface area contributed by atoms with Gasteiger partial charge in [0, 0.05) is 24.8 Å². The first-order chi connectivity index (χ1) is 13.0. The van der Waals surface area contributed by atoms with Gasteiger partial charge in [-0.1, -0.05) is 12.1 Å². The second-order valence-electron chi connectivity index (χ2n) is 6.47. The Hall–Kier alpha value is -2.65. The number of carbonyl (C=O) groups is 1. The van der Waals surface area contributed by atoms with E-state index in [4.69, 9.17) is 9.47 Å². The number of fused-ring (bicyclic) bond motifs is 2. The van der Waals surface area contributed by atoms with Crippen LogP contribution in [0.15, 0.2) is 47.5 Å². The summed E-state index contributed by atoms with van der Waals surface area (Å²) in [5, 5.41) is 2.87. The minimum Gasteiger partial charge on any atom is -0.497 e. The summed E-state index contributed by atoms with van der Waals surface area (Å²) in [6, 6.07) is 9.15. The van der Waals surface area contributed by atoms with Gasteiger partial charge in [-0.25, -0.2) is 8.42 Å². The summed E-state index contributed by atoms with van der Waals surface area (Å²) >= 11 is 0. The second kappa shape index (κ2) is 6.82. The first kappa shape index (κ1) is 17.7. The zero-order chi connectivity index (χ0) is 19.0. The molecule has 2 aliphatic rings. The molecule has 3 heterocycles. The van der Waals surface area contributed by atoms with E-state index in [0.717, 1.165) is 0 Å². The Kier molecular flexibility index (Phi) is 4.48. The van der Waals surface area contributed by atoms with E-state index in [-0.39, 0.29) is 41.7 Å². The number of pyridine rings is 1. The van der Waals surface area contributed by atoms with Crippen molar-refractivity contribution in [2.75, 3.05) is 20.3 Å². The van der Waals surface area contributed by atoms with E-state index in [2.05, 4.69) is 10.3 Å². The molecule has 1 N–H and O–H groups in total. The number of ether oxygens (including phenoxy) is 2. The maximum atomic E-state index is 13.0. The molecule has 0 spiro atoms. The van der Waals surface area contributed by atoms with Crippen LogP contribution in [0.5, 0.6) is 11.5 Å². The number of sulfonamides is 1. The van der Waals surface area contributed by atoms with E-state index < -0.39 is 10.0 Å². The molecule has 9 heteroatoms. The zero-order valence-corrected chi connectivity index (χ0v) is 15.5. The van der Waals surface area contributed by atoms with E-state index in [0.29, 0.717) is 17.9 Å². The van der Waals surface area contributed by atoms with Crippen LogP contribution in [0.25, 0.3) is 0 Å². The molecule has 0 unspecified atom stereocenters. The Morgan fingerprint density at radius 1 is 1.33 bits per heavy atom. The number of nitrogens with zero attached hydrogens (tertiary/aromatic N) is 2. The van der Waals surface area contributed by atoms with Crippen molar-refractivity contribution in [1.29, 1.82) is 0 Å². The van der Waals surface area contributed by atoms with E-state index >= 15 is 0 Å². The Morgan fingerprint density at radius 3 is 2.96 bits per heavy atom. The van der Waals surface area contributed by atoms with Crippen molar-refractivity contribution in [2.24, 2.45) is 0 Å². The molecule has 2 aromatic rings. The molecule has 142 valence electrons. The third-order valence-corrected chi connectivity index (χ3v) is 6.72. The lowest BCUT2D eigenvalue weighted by molar-refractivity contribution is 0.0933. The van der Waals surface area contributed by atoms with Gasteiger partial charge in [-0.15, -0.1) is 0 Å². The van der Waals surface area contributed by atoms with Gasteiger partial charge < -0.3 is 14.8 Å². The van der Waals surface area contributed by atoms with Crippen LogP contribution in [0.3, 0.4) is 0 Å². The third kappa shape index (κ3) is 3.24. The van der Waals surface area contributed by atoms with Crippen LogP contribution in [-0.4, -0.2) is 56.0 Å². The number of methoxy groups -OCH3 is 1. The van der Waals surface area contributed by atoms with E-state index in [9.17, 15) is 13.2 Å². The molecular weight excluding hydrogens is 370 g/mol. The lowest BCUT2D eigenvalue weighted by Crippen LogP contribution is -2.39. The highest BCUT2D eigenvalue weighted by Crippen LogP contribution is 2.35. The predicted octanol–water partition coefficient (Wildman–Crippen LogP) is 1.04. The number of nitrogens with one attached hydrogen (secondary N) is 1. The van der Waals surface area contributed by atoms with Crippen LogP contribution in [0.2, 0.25) is 0 Å². The van der Waals surface area contributed by atoms with Gasteiger partial charge in [0.15, 0.2) is 0 Å². The summed E-state index contributed by atoms with van der Waals surface area (Å²) in [5.41, 5.74) is 0.223. The van der Waals surface area contributed by atoms with Gasteiger partial charge >= 0.3 is 0 Å². The number of hydrogen-bond acceptors (Lipinski definition) is 6. The fraction of sp³-hybridized carbons (Fsp3) is 0.333. The van der Waals surface area contributed by atoms with Crippen molar-refractivity contribution in [3.63, 3.8) is 0 Å². The minimum atomic E-state index is -3.68. The van der Waals surface area contributed by atoms with Gasteiger partial charge in [-0.3, -0.25) is 9.78 Å². The van der Waals surface area contributed by atoms with Crippen LogP contribution in [0.4, 0.5) is 0 Å². The molecule has 0 radical (unpaired) electrons. The van der Waals surface area contributed by atoms with Gasteiger partial charge in [-0.2, -0.15) is 4.31 Å². The largest absolute Gasteiger partial charge is 0.497 e. The third-order valence-electron chi connectivity index (χ3n) is 4.77. The molecular formula is C18H19N3O5S. The molecule has 2 aliphatic heterocycles. The van der Waals surface area contributed by atoms with Gasteiger partial charge in [-0.05, 0) is 24.6 Å². The summed E-state index contributed by atoms with van der Waals surface area (Å²) in [7, 11) is -2.17. The summed E-state index contributed by atoms with van der Waals surface area (Å²) in [5.74, 6) is 0.534. The zero-order valence-electron chi connectivity index (χ0n) is 14.7. The van der Waals surface area contributed by atoms with Crippen LogP contribution in [0, 0.1) is 0 Å². The first-order valence-electron chi connectivity index (χ1n) is 8.53. The normalized spacial score (nSPS) is 23.4. The molecule has 0 saturated carbocycles. The summed E-state index contributed by atoms with van der Waals surface area (Å²) in [6.07, 6.45) is 1.97. The topological polar surface area (TPSA) is 97.8 Å². The van der Waals surface area contributed by atoms with Crippen LogP contribution in [-0.2, 0) is 10.0 Å². The van der Waals surface area contributed by atoms with Crippen LogP contribution >= 0.6 is 0 Å². The van der Waals surface area contributed by atoms with E-state index in [1.165, 1.54) is 17.6 Å². The quantitative estimate of drug-likeness (QED) is 0.843. The van der Waals surface area contributed by atoms with E-state index in [1.807, 2.05) is 0 Å². The first-order valence-corrected chi connectivity index (χ1v) is 9.97. The maximum Gasteiger partial charge on any atom is 0.270 e. The van der Waals surface area contributed by atoms with E-state index in [1.54, 1.807) is 36.4 Å². The van der Waals surface area contributed by atoms with Crippen molar-refractivity contribution in [3.8, 4) is 11.5 Å². The standard InChI is InChI=1S/C18H19N3O5S/c1-25-14-6-7-19-15(9-14)18(22)20-12-8-13-11-26-16-4-2-3-5-17(16)27(23,24)21(13)10-12/h2-7,9,12-13H,8,10-11H2,1H3,(H,20,22)/t12-,13-/m0/s1. The summed E-state index contributed by atoms with van der Waals surface area (Å²) in [6.45, 7) is 0.445. The number of para-hydroxylation sites is 1. The van der Waals surface area contributed by atoms with Crippen molar-refractivity contribution < 1.29 is 22.7 Å². The molecule has 1 saturated heterocycles.